The van der Waals surface area contributed by atoms with Gasteiger partial charge in [0.15, 0.2) is 5.82 Å². The molecule has 0 saturated carbocycles. The summed E-state index contributed by atoms with van der Waals surface area (Å²) in [5.74, 6) is 0.653. The lowest BCUT2D eigenvalue weighted by atomic mass is 9.94. The zero-order valence-electron chi connectivity index (χ0n) is 7.75. The smallest absolute Gasteiger partial charge is 0.156 e. The van der Waals surface area contributed by atoms with Crippen molar-refractivity contribution in [2.24, 2.45) is 0 Å². The minimum Gasteiger partial charge on any atom is -0.346 e. The molecule has 1 N–H and O–H groups in total. The summed E-state index contributed by atoms with van der Waals surface area (Å²) in [6.07, 6.45) is 5.12. The van der Waals surface area contributed by atoms with Gasteiger partial charge in [0.05, 0.1) is 12.4 Å². The van der Waals surface area contributed by atoms with Crippen molar-refractivity contribution >= 4 is 24.3 Å². The summed E-state index contributed by atoms with van der Waals surface area (Å²) in [6, 6.07) is 3.66. The second-order valence-electron chi connectivity index (χ2n) is 3.16. The molecule has 0 atom stereocenters. The fraction of sp³-hybridized carbons (Fsp3) is 0. The predicted octanol–water partition coefficient (Wildman–Crippen LogP) is -0.0626. The molecule has 0 saturated heterocycles. The van der Waals surface area contributed by atoms with Gasteiger partial charge in [-0.15, -0.1) is 5.10 Å². The van der Waals surface area contributed by atoms with Gasteiger partial charge in [0.2, 0.25) is 0 Å². The third kappa shape index (κ3) is 1.22. The lowest BCUT2D eigenvalue weighted by Gasteiger charge is -2.02. The van der Waals surface area contributed by atoms with Gasteiger partial charge in [0.25, 0.3) is 0 Å². The molecule has 0 aromatic carbocycles. The lowest BCUT2D eigenvalue weighted by Crippen LogP contribution is -2.09. The van der Waals surface area contributed by atoms with Gasteiger partial charge < -0.3 is 4.98 Å². The van der Waals surface area contributed by atoms with Gasteiger partial charge in [-0.2, -0.15) is 0 Å². The van der Waals surface area contributed by atoms with Crippen molar-refractivity contribution in [1.29, 1.82) is 0 Å². The zero-order chi connectivity index (χ0) is 10.3. The van der Waals surface area contributed by atoms with E-state index in [9.17, 15) is 0 Å². The van der Waals surface area contributed by atoms with Crippen molar-refractivity contribution < 1.29 is 0 Å². The minimum atomic E-state index is 0.653. The molecule has 3 heterocycles. The molecule has 0 amide bonds. The fourth-order valence-corrected chi connectivity index (χ4v) is 1.50. The van der Waals surface area contributed by atoms with E-state index in [1.807, 2.05) is 6.07 Å². The first-order valence-corrected chi connectivity index (χ1v) is 4.45. The quantitative estimate of drug-likeness (QED) is 0.553. The van der Waals surface area contributed by atoms with Crippen LogP contribution in [-0.2, 0) is 0 Å². The molecule has 5 nitrogen and oxygen atoms in total. The van der Waals surface area contributed by atoms with Crippen LogP contribution in [0.2, 0.25) is 0 Å². The first kappa shape index (κ1) is 8.22. The Bertz CT molecular complexity index is 598. The Morgan fingerprint density at radius 3 is 3.13 bits per heavy atom. The van der Waals surface area contributed by atoms with E-state index in [1.165, 1.54) is 0 Å². The van der Waals surface area contributed by atoms with Gasteiger partial charge in [0.1, 0.15) is 13.5 Å². The second kappa shape index (κ2) is 2.95. The third-order valence-corrected chi connectivity index (χ3v) is 2.20. The molecule has 70 valence electrons. The number of pyridine rings is 1. The molecule has 0 aliphatic carbocycles. The normalized spacial score (nSPS) is 10.9. The molecule has 0 unspecified atom stereocenters. The Labute approximate surface area is 86.5 Å². The predicted molar refractivity (Wildman–Crippen MR) is 56.4 cm³/mol. The van der Waals surface area contributed by atoms with E-state index in [0.717, 1.165) is 11.0 Å². The Balaban J connectivity index is 2.29. The molecule has 0 spiro atoms. The Morgan fingerprint density at radius 1 is 1.40 bits per heavy atom. The van der Waals surface area contributed by atoms with Crippen LogP contribution < -0.4 is 5.46 Å². The highest BCUT2D eigenvalue weighted by Crippen LogP contribution is 2.09. The number of H-pyrrole nitrogens is 1. The Hall–Kier alpha value is -2.11. The number of fused-ring (bicyclic) bond motifs is 1. The zero-order valence-corrected chi connectivity index (χ0v) is 7.75. The number of aromatic amines is 1. The van der Waals surface area contributed by atoms with E-state index >= 15 is 0 Å². The summed E-state index contributed by atoms with van der Waals surface area (Å²) >= 11 is 0. The number of hydrogen-bond acceptors (Lipinski definition) is 3. The Morgan fingerprint density at radius 2 is 2.33 bits per heavy atom. The van der Waals surface area contributed by atoms with Crippen molar-refractivity contribution in [2.75, 3.05) is 0 Å². The maximum atomic E-state index is 5.89. The molecule has 3 rings (SSSR count). The van der Waals surface area contributed by atoms with Crippen molar-refractivity contribution in [2.45, 2.75) is 0 Å². The van der Waals surface area contributed by atoms with Crippen molar-refractivity contribution in [3.05, 3.63) is 30.7 Å². The average Bonchev–Trinajstić information content (AvgIpc) is 2.88. The van der Waals surface area contributed by atoms with Crippen LogP contribution in [0.25, 0.3) is 16.9 Å². The highest BCUT2D eigenvalue weighted by Gasteiger charge is 2.04. The summed E-state index contributed by atoms with van der Waals surface area (Å²) < 4.78 is 1.57. The fourth-order valence-electron chi connectivity index (χ4n) is 1.50. The van der Waals surface area contributed by atoms with E-state index in [-0.39, 0.29) is 0 Å². The maximum Gasteiger partial charge on any atom is 0.156 e. The van der Waals surface area contributed by atoms with E-state index in [2.05, 4.69) is 20.3 Å². The topological polar surface area (TPSA) is 59.4 Å². The number of rotatable bonds is 1. The highest BCUT2D eigenvalue weighted by atomic mass is 15.4. The van der Waals surface area contributed by atoms with Crippen LogP contribution in [0.5, 0.6) is 0 Å². The molecule has 3 aromatic rings. The first-order chi connectivity index (χ1) is 7.34. The lowest BCUT2D eigenvalue weighted by molar-refractivity contribution is 0.785. The van der Waals surface area contributed by atoms with Crippen LogP contribution in [0.1, 0.15) is 0 Å². The molecule has 0 aliphatic heterocycles. The van der Waals surface area contributed by atoms with E-state index in [0.29, 0.717) is 11.3 Å². The van der Waals surface area contributed by atoms with Crippen LogP contribution in [0.15, 0.2) is 30.7 Å². The first-order valence-electron chi connectivity index (χ1n) is 4.45. The van der Waals surface area contributed by atoms with Crippen molar-refractivity contribution in [1.82, 2.24) is 25.0 Å². The number of nitrogens with one attached hydrogen (secondary N) is 1. The molecule has 3 aromatic heterocycles. The van der Waals surface area contributed by atoms with E-state index in [1.54, 1.807) is 29.3 Å². The summed E-state index contributed by atoms with van der Waals surface area (Å²) in [4.78, 5) is 7.37. The largest absolute Gasteiger partial charge is 0.346 e. The van der Waals surface area contributed by atoms with Gasteiger partial charge in [-0.1, -0.05) is 10.7 Å². The molecule has 0 aliphatic rings. The molecule has 15 heavy (non-hydrogen) atoms. The van der Waals surface area contributed by atoms with Crippen LogP contribution in [0, 0.1) is 0 Å². The SMILES string of the molecule is [B]c1cc(-n2ccnn2)nc2[nH]ccc12. The van der Waals surface area contributed by atoms with Crippen LogP contribution in [0.4, 0.5) is 0 Å². The standard InChI is InChI=1S/C9H6BN5/c10-7-5-8(15-4-3-12-14-15)13-9-6(7)1-2-11-9/h1-5H,(H,11,13). The summed E-state index contributed by atoms with van der Waals surface area (Å²) in [5.41, 5.74) is 1.42. The molecule has 0 bridgehead atoms. The van der Waals surface area contributed by atoms with Crippen molar-refractivity contribution in [3.63, 3.8) is 0 Å². The van der Waals surface area contributed by atoms with E-state index in [4.69, 9.17) is 7.85 Å². The van der Waals surface area contributed by atoms with Gasteiger partial charge >= 0.3 is 0 Å². The van der Waals surface area contributed by atoms with Gasteiger partial charge in [-0.3, -0.25) is 0 Å². The highest BCUT2D eigenvalue weighted by molar-refractivity contribution is 6.38. The molecule has 2 radical (unpaired) electrons. The summed E-state index contributed by atoms with van der Waals surface area (Å²) in [5, 5.41) is 8.49. The van der Waals surface area contributed by atoms with Crippen molar-refractivity contribution in [3.8, 4) is 5.82 Å². The van der Waals surface area contributed by atoms with Crippen LogP contribution in [-0.4, -0.2) is 32.8 Å². The second-order valence-corrected chi connectivity index (χ2v) is 3.16. The minimum absolute atomic E-state index is 0.653. The number of hydrogen-bond donors (Lipinski definition) is 1. The molecule has 6 heteroatoms. The number of aromatic nitrogens is 5. The van der Waals surface area contributed by atoms with Crippen LogP contribution in [0.3, 0.4) is 0 Å². The van der Waals surface area contributed by atoms with E-state index < -0.39 is 0 Å². The van der Waals surface area contributed by atoms with Gasteiger partial charge in [0, 0.05) is 11.6 Å². The van der Waals surface area contributed by atoms with Gasteiger partial charge in [-0.25, -0.2) is 9.67 Å². The molecular weight excluding hydrogens is 189 g/mol. The summed E-state index contributed by atoms with van der Waals surface area (Å²) in [7, 11) is 5.89. The van der Waals surface area contributed by atoms with Crippen LogP contribution >= 0.6 is 0 Å². The third-order valence-electron chi connectivity index (χ3n) is 2.20. The molecular formula is C9H6BN5. The monoisotopic (exact) mass is 195 g/mol. The maximum absolute atomic E-state index is 5.89. The number of nitrogens with zero attached hydrogens (tertiary/aromatic N) is 4. The Kier molecular flexibility index (Phi) is 1.61. The molecule has 0 fully saturated rings. The average molecular weight is 195 g/mol. The van der Waals surface area contributed by atoms with Gasteiger partial charge in [-0.05, 0) is 12.1 Å². The summed E-state index contributed by atoms with van der Waals surface area (Å²) in [6.45, 7) is 0.